The molecule has 6 heteroatoms. The van der Waals surface area contributed by atoms with E-state index in [2.05, 4.69) is 10.3 Å². The van der Waals surface area contributed by atoms with Gasteiger partial charge in [0.2, 0.25) is 5.89 Å². The van der Waals surface area contributed by atoms with E-state index in [0.717, 1.165) is 16.5 Å². The molecule has 0 atom stereocenters. The zero-order valence-electron chi connectivity index (χ0n) is 19.3. The van der Waals surface area contributed by atoms with Gasteiger partial charge < -0.3 is 14.2 Å². The van der Waals surface area contributed by atoms with Gasteiger partial charge in [-0.1, -0.05) is 48.0 Å². The molecule has 2 aromatic heterocycles. The Morgan fingerprint density at radius 3 is 2.50 bits per heavy atom. The van der Waals surface area contributed by atoms with Crippen molar-refractivity contribution in [2.75, 3.05) is 5.32 Å². The van der Waals surface area contributed by atoms with E-state index in [1.807, 2.05) is 49.4 Å². The number of hydrogen-bond acceptors (Lipinski definition) is 5. The second kappa shape index (κ2) is 8.67. The van der Waals surface area contributed by atoms with E-state index in [-0.39, 0.29) is 5.91 Å². The van der Waals surface area contributed by atoms with E-state index in [1.165, 1.54) is 0 Å². The summed E-state index contributed by atoms with van der Waals surface area (Å²) in [7, 11) is 0. The smallest absolute Gasteiger partial charge is 0.344 e. The van der Waals surface area contributed by atoms with E-state index in [0.29, 0.717) is 45.0 Å². The minimum Gasteiger partial charge on any atom is -0.436 e. The lowest BCUT2D eigenvalue weighted by molar-refractivity contribution is 0.102. The van der Waals surface area contributed by atoms with Crippen molar-refractivity contribution in [2.45, 2.75) is 6.92 Å². The average molecular weight is 473 g/mol. The Morgan fingerprint density at radius 1 is 0.778 bits per heavy atom. The summed E-state index contributed by atoms with van der Waals surface area (Å²) < 4.78 is 11.4. The van der Waals surface area contributed by atoms with Crippen molar-refractivity contribution in [2.24, 2.45) is 0 Å². The lowest BCUT2D eigenvalue weighted by atomic mass is 10.0. The van der Waals surface area contributed by atoms with Crippen LogP contribution in [0.3, 0.4) is 0 Å². The number of nitrogens with one attached hydrogen (secondary N) is 1. The zero-order chi connectivity index (χ0) is 24.6. The van der Waals surface area contributed by atoms with Gasteiger partial charge in [-0.2, -0.15) is 0 Å². The lowest BCUT2D eigenvalue weighted by Gasteiger charge is -2.07. The number of aromatic nitrogens is 1. The topological polar surface area (TPSA) is 85.3 Å². The monoisotopic (exact) mass is 472 g/mol. The van der Waals surface area contributed by atoms with E-state index in [1.54, 1.807) is 54.6 Å². The molecular weight excluding hydrogens is 452 g/mol. The molecule has 0 saturated carbocycles. The van der Waals surface area contributed by atoms with E-state index < -0.39 is 5.63 Å². The van der Waals surface area contributed by atoms with Crippen molar-refractivity contribution in [3.05, 3.63) is 119 Å². The van der Waals surface area contributed by atoms with Crippen molar-refractivity contribution in [3.63, 3.8) is 0 Å². The van der Waals surface area contributed by atoms with Crippen LogP contribution in [0.5, 0.6) is 0 Å². The first-order chi connectivity index (χ1) is 17.5. The number of aryl methyl sites for hydroxylation is 1. The fraction of sp³-hybridized carbons (Fsp3) is 0.0333. The van der Waals surface area contributed by atoms with Gasteiger partial charge in [-0.25, -0.2) is 9.78 Å². The molecule has 2 heterocycles. The third-order valence-corrected chi connectivity index (χ3v) is 5.99. The number of carbonyl (C=O) groups is 1. The Balaban J connectivity index is 1.28. The Bertz CT molecular complexity index is 1830. The second-order valence-electron chi connectivity index (χ2n) is 8.59. The van der Waals surface area contributed by atoms with E-state index in [4.69, 9.17) is 8.83 Å². The molecule has 1 N–H and O–H groups in total. The van der Waals surface area contributed by atoms with Crippen molar-refractivity contribution >= 4 is 33.7 Å². The van der Waals surface area contributed by atoms with E-state index >= 15 is 0 Å². The first-order valence-corrected chi connectivity index (χ1v) is 11.5. The number of amides is 1. The molecule has 0 aliphatic rings. The summed E-state index contributed by atoms with van der Waals surface area (Å²) in [4.78, 5) is 30.2. The first-order valence-electron chi connectivity index (χ1n) is 11.5. The minimum atomic E-state index is -0.452. The summed E-state index contributed by atoms with van der Waals surface area (Å²) in [5, 5.41) is 3.72. The number of carbonyl (C=O) groups excluding carboxylic acids is 1. The molecule has 36 heavy (non-hydrogen) atoms. The van der Waals surface area contributed by atoms with Gasteiger partial charge in [0, 0.05) is 22.2 Å². The third-order valence-electron chi connectivity index (χ3n) is 5.99. The summed E-state index contributed by atoms with van der Waals surface area (Å²) in [6.45, 7) is 2.02. The van der Waals surface area contributed by atoms with E-state index in [9.17, 15) is 9.59 Å². The maximum absolute atomic E-state index is 13.0. The Labute approximate surface area is 205 Å². The van der Waals surface area contributed by atoms with Crippen LogP contribution in [0.15, 0.2) is 111 Å². The maximum atomic E-state index is 13.0. The average Bonchev–Trinajstić information content (AvgIpc) is 3.32. The highest BCUT2D eigenvalue weighted by Crippen LogP contribution is 2.27. The van der Waals surface area contributed by atoms with Crippen LogP contribution in [0.2, 0.25) is 0 Å². The molecule has 6 aromatic rings. The molecule has 0 aliphatic carbocycles. The maximum Gasteiger partial charge on any atom is 0.344 e. The second-order valence-corrected chi connectivity index (χ2v) is 8.59. The molecule has 6 rings (SSSR count). The van der Waals surface area contributed by atoms with Gasteiger partial charge >= 0.3 is 5.63 Å². The number of anilines is 1. The van der Waals surface area contributed by atoms with Crippen LogP contribution in [0.25, 0.3) is 44.7 Å². The van der Waals surface area contributed by atoms with Crippen molar-refractivity contribution < 1.29 is 13.6 Å². The standard InChI is InChI=1S/C30H20N2O4/c1-18-6-4-10-22(14-18)29-32-25-17-23(12-13-27(25)35-29)31-28(33)21-9-5-8-19(15-21)24-16-20-7-2-3-11-26(20)36-30(24)34/h2-17H,1H3,(H,31,33). The number of hydrogen-bond donors (Lipinski definition) is 1. The van der Waals surface area contributed by atoms with Crippen molar-refractivity contribution in [1.29, 1.82) is 0 Å². The molecule has 174 valence electrons. The summed E-state index contributed by atoms with van der Waals surface area (Å²) in [5.41, 5.74) is 5.38. The normalized spacial score (nSPS) is 11.1. The highest BCUT2D eigenvalue weighted by molar-refractivity contribution is 6.05. The SMILES string of the molecule is Cc1cccc(-c2nc3cc(NC(=O)c4cccc(-c5cc6ccccc6oc5=O)c4)ccc3o2)c1. The minimum absolute atomic E-state index is 0.302. The molecule has 0 saturated heterocycles. The molecule has 4 aromatic carbocycles. The largest absolute Gasteiger partial charge is 0.436 e. The molecule has 0 bridgehead atoms. The number of rotatable bonds is 4. The molecule has 0 spiro atoms. The molecule has 0 aliphatic heterocycles. The van der Waals surface area contributed by atoms with Crippen LogP contribution in [0, 0.1) is 6.92 Å². The quantitative estimate of drug-likeness (QED) is 0.284. The van der Waals surface area contributed by atoms with Gasteiger partial charge in [0.05, 0.1) is 5.56 Å². The molecular formula is C30H20N2O4. The summed E-state index contributed by atoms with van der Waals surface area (Å²) >= 11 is 0. The van der Waals surface area contributed by atoms with Crippen LogP contribution in [0.4, 0.5) is 5.69 Å². The lowest BCUT2D eigenvalue weighted by Crippen LogP contribution is -2.12. The van der Waals surface area contributed by atoms with Crippen molar-refractivity contribution in [3.8, 4) is 22.6 Å². The van der Waals surface area contributed by atoms with Crippen LogP contribution >= 0.6 is 0 Å². The molecule has 6 nitrogen and oxygen atoms in total. The number of para-hydroxylation sites is 1. The molecule has 0 fully saturated rings. The van der Waals surface area contributed by atoms with Crippen LogP contribution in [-0.4, -0.2) is 10.9 Å². The van der Waals surface area contributed by atoms with Crippen LogP contribution in [0.1, 0.15) is 15.9 Å². The summed E-state index contributed by atoms with van der Waals surface area (Å²) in [5.74, 6) is 0.225. The van der Waals surface area contributed by atoms with Crippen LogP contribution in [-0.2, 0) is 0 Å². The summed E-state index contributed by atoms with van der Waals surface area (Å²) in [6, 6.07) is 29.3. The van der Waals surface area contributed by atoms with Gasteiger partial charge in [-0.3, -0.25) is 4.79 Å². The predicted octanol–water partition coefficient (Wildman–Crippen LogP) is 6.83. The van der Waals surface area contributed by atoms with Crippen molar-refractivity contribution in [1.82, 2.24) is 4.98 Å². The van der Waals surface area contributed by atoms with Gasteiger partial charge in [0.15, 0.2) is 5.58 Å². The molecule has 0 radical (unpaired) electrons. The highest BCUT2D eigenvalue weighted by Gasteiger charge is 2.13. The highest BCUT2D eigenvalue weighted by atomic mass is 16.4. The first kappa shape index (κ1) is 21.6. The zero-order valence-corrected chi connectivity index (χ0v) is 19.3. The van der Waals surface area contributed by atoms with Gasteiger partial charge in [-0.05, 0) is 67.1 Å². The predicted molar refractivity (Wildman–Crippen MR) is 140 cm³/mol. The van der Waals surface area contributed by atoms with Gasteiger partial charge in [-0.15, -0.1) is 0 Å². The number of nitrogens with zero attached hydrogens (tertiary/aromatic N) is 1. The molecule has 0 unspecified atom stereocenters. The Hall–Kier alpha value is -4.97. The fourth-order valence-electron chi connectivity index (χ4n) is 4.20. The molecule has 1 amide bonds. The fourth-order valence-corrected chi connectivity index (χ4v) is 4.20. The number of benzene rings is 4. The number of fused-ring (bicyclic) bond motifs is 2. The van der Waals surface area contributed by atoms with Crippen LogP contribution < -0.4 is 10.9 Å². The third kappa shape index (κ3) is 4.05. The Morgan fingerprint density at radius 2 is 1.61 bits per heavy atom. The number of oxazole rings is 1. The van der Waals surface area contributed by atoms with Gasteiger partial charge in [0.25, 0.3) is 5.91 Å². The van der Waals surface area contributed by atoms with Gasteiger partial charge in [0.1, 0.15) is 11.1 Å². The Kier molecular flexibility index (Phi) is 5.19. The summed E-state index contributed by atoms with van der Waals surface area (Å²) in [6.07, 6.45) is 0.